The molecular weight excluding hydrogens is 270 g/mol. The lowest BCUT2D eigenvalue weighted by Crippen LogP contribution is -2.05. The second-order valence-corrected chi connectivity index (χ2v) is 5.38. The fourth-order valence-corrected chi connectivity index (χ4v) is 2.42. The highest BCUT2D eigenvalue weighted by atomic mass is 14.8. The second kappa shape index (κ2) is 6.48. The van der Waals surface area contributed by atoms with Crippen molar-refractivity contribution in [1.29, 1.82) is 0 Å². The van der Waals surface area contributed by atoms with Crippen molar-refractivity contribution in [3.63, 3.8) is 0 Å². The van der Waals surface area contributed by atoms with Crippen LogP contribution in [0.15, 0.2) is 76.0 Å². The number of hydrogen-bond acceptors (Lipinski definition) is 3. The molecule has 1 aromatic heterocycles. The third-order valence-electron chi connectivity index (χ3n) is 3.62. The number of aromatic nitrogens is 1. The van der Waals surface area contributed by atoms with Crippen LogP contribution >= 0.6 is 0 Å². The molecule has 0 aliphatic heterocycles. The number of pyridine rings is 1. The molecule has 0 saturated heterocycles. The van der Waals surface area contributed by atoms with Gasteiger partial charge in [-0.15, -0.1) is 0 Å². The molecule has 0 radical (unpaired) electrons. The van der Waals surface area contributed by atoms with Crippen LogP contribution in [0.25, 0.3) is 0 Å². The third-order valence-corrected chi connectivity index (χ3v) is 3.62. The summed E-state index contributed by atoms with van der Waals surface area (Å²) in [4.78, 5) is 14.0. The minimum atomic E-state index is 0.901. The van der Waals surface area contributed by atoms with Crippen LogP contribution in [0.4, 0.5) is 0 Å². The van der Waals surface area contributed by atoms with Gasteiger partial charge >= 0.3 is 0 Å². The monoisotopic (exact) mass is 289 g/mol. The molecule has 0 N–H and O–H groups in total. The van der Waals surface area contributed by atoms with Gasteiger partial charge in [0.25, 0.3) is 0 Å². The van der Waals surface area contributed by atoms with Gasteiger partial charge in [0.1, 0.15) is 0 Å². The molecule has 1 heterocycles. The van der Waals surface area contributed by atoms with Gasteiger partial charge in [-0.2, -0.15) is 0 Å². The number of nitrogens with zero attached hydrogens (tertiary/aromatic N) is 3. The predicted molar refractivity (Wildman–Crippen MR) is 92.3 cm³/mol. The van der Waals surface area contributed by atoms with E-state index in [1.807, 2.05) is 56.4 Å². The smallest absolute Gasteiger partial charge is 0.0849 e. The lowest BCUT2D eigenvalue weighted by molar-refractivity contribution is 1.16. The average molecular weight is 289 g/mol. The molecule has 1 aromatic rings. The quantitative estimate of drug-likeness (QED) is 0.758. The Labute approximate surface area is 131 Å². The Bertz CT molecular complexity index is 697. The Morgan fingerprint density at radius 1 is 0.864 bits per heavy atom. The van der Waals surface area contributed by atoms with Crippen LogP contribution in [-0.4, -0.2) is 16.4 Å². The normalized spacial score (nSPS) is 17.9. The summed E-state index contributed by atoms with van der Waals surface area (Å²) >= 11 is 0. The summed E-state index contributed by atoms with van der Waals surface area (Å²) in [6, 6.07) is 6.00. The average Bonchev–Trinajstić information content (AvgIpc) is 3.21. The molecule has 2 aliphatic rings. The van der Waals surface area contributed by atoms with Gasteiger partial charge in [0, 0.05) is 24.2 Å². The van der Waals surface area contributed by atoms with Gasteiger partial charge in [-0.1, -0.05) is 30.4 Å². The number of hydrogen-bond donors (Lipinski definition) is 0. The van der Waals surface area contributed by atoms with E-state index >= 15 is 0 Å². The first kappa shape index (κ1) is 14.4. The Hall–Kier alpha value is -2.55. The van der Waals surface area contributed by atoms with Gasteiger partial charge < -0.3 is 0 Å². The van der Waals surface area contributed by atoms with Gasteiger partial charge in [-0.25, -0.2) is 4.98 Å². The van der Waals surface area contributed by atoms with E-state index in [2.05, 4.69) is 22.1 Å². The minimum absolute atomic E-state index is 0.901. The maximum Gasteiger partial charge on any atom is 0.0849 e. The molecular formula is C19H19N3. The zero-order valence-electron chi connectivity index (χ0n) is 13.0. The molecule has 0 amide bonds. The molecule has 22 heavy (non-hydrogen) atoms. The topological polar surface area (TPSA) is 37.6 Å². The second-order valence-electron chi connectivity index (χ2n) is 5.38. The number of aliphatic imine (C=N–C) groups is 2. The van der Waals surface area contributed by atoms with Crippen molar-refractivity contribution in [3.05, 3.63) is 77.4 Å². The van der Waals surface area contributed by atoms with E-state index in [-0.39, 0.29) is 0 Å². The molecule has 0 fully saturated rings. The van der Waals surface area contributed by atoms with E-state index in [9.17, 15) is 0 Å². The van der Waals surface area contributed by atoms with Crippen molar-refractivity contribution in [2.45, 2.75) is 26.7 Å². The SMILES string of the molecule is CC(=NC1=CC=CC1)c1cccc(C(C)=NC2=CC=CC2)n1. The summed E-state index contributed by atoms with van der Waals surface area (Å²) in [5.74, 6) is 0. The summed E-state index contributed by atoms with van der Waals surface area (Å²) in [7, 11) is 0. The maximum atomic E-state index is 4.70. The van der Waals surface area contributed by atoms with Gasteiger partial charge in [-0.05, 0) is 38.1 Å². The van der Waals surface area contributed by atoms with Gasteiger partial charge in [0.15, 0.2) is 0 Å². The van der Waals surface area contributed by atoms with Crippen LogP contribution in [0.3, 0.4) is 0 Å². The highest BCUT2D eigenvalue weighted by Gasteiger charge is 2.06. The fraction of sp³-hybridized carbons (Fsp3) is 0.211. The van der Waals surface area contributed by atoms with Gasteiger partial charge in [-0.3, -0.25) is 9.98 Å². The van der Waals surface area contributed by atoms with E-state index in [0.717, 1.165) is 47.0 Å². The predicted octanol–water partition coefficient (Wildman–Crippen LogP) is 4.39. The van der Waals surface area contributed by atoms with E-state index in [1.165, 1.54) is 0 Å². The van der Waals surface area contributed by atoms with Crippen molar-refractivity contribution in [2.75, 3.05) is 0 Å². The molecule has 3 nitrogen and oxygen atoms in total. The van der Waals surface area contributed by atoms with E-state index in [4.69, 9.17) is 4.98 Å². The van der Waals surface area contributed by atoms with Crippen LogP contribution in [0.1, 0.15) is 38.1 Å². The number of allylic oxidation sites excluding steroid dienone is 6. The zero-order valence-corrected chi connectivity index (χ0v) is 13.0. The van der Waals surface area contributed by atoms with E-state index in [0.29, 0.717) is 0 Å². The molecule has 0 unspecified atom stereocenters. The van der Waals surface area contributed by atoms with Crippen molar-refractivity contribution >= 4 is 11.4 Å². The van der Waals surface area contributed by atoms with Crippen molar-refractivity contribution in [2.24, 2.45) is 9.98 Å². The third kappa shape index (κ3) is 3.37. The van der Waals surface area contributed by atoms with Gasteiger partial charge in [0.2, 0.25) is 0 Å². The highest BCUT2D eigenvalue weighted by Crippen LogP contribution is 2.15. The Balaban J connectivity index is 1.83. The molecule has 0 saturated carbocycles. The molecule has 0 aromatic carbocycles. The molecule has 0 spiro atoms. The van der Waals surface area contributed by atoms with Gasteiger partial charge in [0.05, 0.1) is 22.8 Å². The summed E-state index contributed by atoms with van der Waals surface area (Å²) in [5, 5.41) is 0. The Kier molecular flexibility index (Phi) is 4.24. The summed E-state index contributed by atoms with van der Waals surface area (Å²) in [6.45, 7) is 4.00. The summed E-state index contributed by atoms with van der Waals surface area (Å²) < 4.78 is 0. The molecule has 2 aliphatic carbocycles. The highest BCUT2D eigenvalue weighted by molar-refractivity contribution is 6.01. The molecule has 110 valence electrons. The molecule has 3 heteroatoms. The summed E-state index contributed by atoms with van der Waals surface area (Å²) in [5.41, 5.74) is 5.84. The Morgan fingerprint density at radius 3 is 1.77 bits per heavy atom. The van der Waals surface area contributed by atoms with E-state index < -0.39 is 0 Å². The zero-order chi connectivity index (χ0) is 15.4. The minimum Gasteiger partial charge on any atom is -0.256 e. The van der Waals surface area contributed by atoms with Crippen LogP contribution in [0.5, 0.6) is 0 Å². The Morgan fingerprint density at radius 2 is 1.36 bits per heavy atom. The maximum absolute atomic E-state index is 4.70. The van der Waals surface area contributed by atoms with Crippen molar-refractivity contribution in [3.8, 4) is 0 Å². The lowest BCUT2D eigenvalue weighted by Gasteiger charge is -2.05. The lowest BCUT2D eigenvalue weighted by atomic mass is 10.2. The molecule has 0 bridgehead atoms. The first-order valence-electron chi connectivity index (χ1n) is 7.52. The summed E-state index contributed by atoms with van der Waals surface area (Å²) in [6.07, 6.45) is 14.2. The van der Waals surface area contributed by atoms with E-state index in [1.54, 1.807) is 0 Å². The van der Waals surface area contributed by atoms with Crippen LogP contribution < -0.4 is 0 Å². The fourth-order valence-electron chi connectivity index (χ4n) is 2.42. The van der Waals surface area contributed by atoms with Crippen LogP contribution in [-0.2, 0) is 0 Å². The van der Waals surface area contributed by atoms with Crippen LogP contribution in [0, 0.1) is 0 Å². The largest absolute Gasteiger partial charge is 0.256 e. The molecule has 3 rings (SSSR count). The first-order valence-corrected chi connectivity index (χ1v) is 7.52. The first-order chi connectivity index (χ1) is 10.7. The number of rotatable bonds is 4. The molecule has 0 atom stereocenters. The van der Waals surface area contributed by atoms with Crippen molar-refractivity contribution < 1.29 is 0 Å². The van der Waals surface area contributed by atoms with Crippen molar-refractivity contribution in [1.82, 2.24) is 4.98 Å². The standard InChI is InChI=1S/C19H19N3/c1-14(20-16-8-3-4-9-16)18-12-7-13-19(22-18)15(2)21-17-10-5-6-11-17/h3-8,10,12-13H,9,11H2,1-2H3. The van der Waals surface area contributed by atoms with Crippen LogP contribution in [0.2, 0.25) is 0 Å².